The quantitative estimate of drug-likeness (QED) is 0.561. The number of alkyl halides is 2. The van der Waals surface area contributed by atoms with Crippen LogP contribution in [0.1, 0.15) is 53.4 Å². The number of rotatable bonds is 5. The molecule has 2 atom stereocenters. The van der Waals surface area contributed by atoms with E-state index in [2.05, 4.69) is 10.3 Å². The van der Waals surface area contributed by atoms with Gasteiger partial charge in [-0.1, -0.05) is 19.1 Å². The molecule has 4 rings (SSSR count). The van der Waals surface area contributed by atoms with Gasteiger partial charge in [0, 0.05) is 42.9 Å². The number of nitriles is 1. The minimum Gasteiger partial charge on any atom is -0.478 e. The highest BCUT2D eigenvalue weighted by atomic mass is 19.3. The van der Waals surface area contributed by atoms with Gasteiger partial charge in [0.2, 0.25) is 0 Å². The summed E-state index contributed by atoms with van der Waals surface area (Å²) in [5.74, 6) is -4.79. The molecule has 0 saturated carbocycles. The van der Waals surface area contributed by atoms with Crippen molar-refractivity contribution in [2.75, 3.05) is 23.3 Å². The topological polar surface area (TPSA) is 111 Å². The molecule has 0 amide bonds. The van der Waals surface area contributed by atoms with E-state index in [-0.39, 0.29) is 35.7 Å². The zero-order chi connectivity index (χ0) is 25.5. The Labute approximate surface area is 200 Å². The number of aromatic carboxylic acids is 1. The number of hydrogen-bond donors (Lipinski definition) is 2. The van der Waals surface area contributed by atoms with Crippen molar-refractivity contribution < 1.29 is 18.7 Å². The van der Waals surface area contributed by atoms with E-state index < -0.39 is 35.8 Å². The number of carboxylic acid groups (broad SMARTS) is 1. The minimum absolute atomic E-state index is 0.0321. The van der Waals surface area contributed by atoms with Crippen molar-refractivity contribution in [3.05, 3.63) is 69.1 Å². The molecule has 8 nitrogen and oxygen atoms in total. The summed E-state index contributed by atoms with van der Waals surface area (Å²) < 4.78 is 29.5. The van der Waals surface area contributed by atoms with Crippen LogP contribution in [0, 0.1) is 24.2 Å². The summed E-state index contributed by atoms with van der Waals surface area (Å²) in [6, 6.07) is 9.73. The monoisotopic (exact) mass is 481 g/mol. The summed E-state index contributed by atoms with van der Waals surface area (Å²) in [5.41, 5.74) is 1.32. The highest BCUT2D eigenvalue weighted by molar-refractivity contribution is 5.94. The predicted molar refractivity (Wildman–Crippen MR) is 127 cm³/mol. The van der Waals surface area contributed by atoms with Gasteiger partial charge in [0.15, 0.2) is 11.4 Å². The number of fused-ring (bicyclic) bond motifs is 1. The Hall–Kier alpha value is -4.00. The summed E-state index contributed by atoms with van der Waals surface area (Å²) in [4.78, 5) is 31.1. The van der Waals surface area contributed by atoms with Crippen LogP contribution in [0.3, 0.4) is 0 Å². The van der Waals surface area contributed by atoms with Gasteiger partial charge in [0.25, 0.3) is 11.5 Å². The molecule has 2 aromatic heterocycles. The van der Waals surface area contributed by atoms with Crippen LogP contribution in [0.4, 0.5) is 20.3 Å². The summed E-state index contributed by atoms with van der Waals surface area (Å²) in [6.45, 7) is 4.97. The van der Waals surface area contributed by atoms with Crippen molar-refractivity contribution in [3.8, 4) is 6.07 Å². The van der Waals surface area contributed by atoms with Crippen molar-refractivity contribution in [1.82, 2.24) is 9.38 Å². The lowest BCUT2D eigenvalue weighted by molar-refractivity contribution is -0.0652. The molecule has 0 aliphatic carbocycles. The highest BCUT2D eigenvalue weighted by Crippen LogP contribution is 2.35. The molecule has 3 heterocycles. The maximum absolute atomic E-state index is 14.1. The van der Waals surface area contributed by atoms with E-state index in [9.17, 15) is 28.7 Å². The van der Waals surface area contributed by atoms with Crippen molar-refractivity contribution in [2.45, 2.75) is 39.2 Å². The van der Waals surface area contributed by atoms with Gasteiger partial charge in [0.1, 0.15) is 11.7 Å². The Morgan fingerprint density at radius 1 is 1.37 bits per heavy atom. The predicted octanol–water partition coefficient (Wildman–Crippen LogP) is 4.23. The third kappa shape index (κ3) is 4.41. The molecular weight excluding hydrogens is 456 g/mol. The fourth-order valence-corrected chi connectivity index (χ4v) is 4.43. The molecule has 1 aromatic carbocycles. The summed E-state index contributed by atoms with van der Waals surface area (Å²) in [7, 11) is 0. The number of piperidine rings is 1. The Bertz CT molecular complexity index is 1410. The second-order valence-corrected chi connectivity index (χ2v) is 8.97. The Morgan fingerprint density at radius 3 is 2.74 bits per heavy atom. The van der Waals surface area contributed by atoms with Crippen molar-refractivity contribution in [1.29, 1.82) is 5.26 Å². The van der Waals surface area contributed by atoms with Crippen LogP contribution in [0.15, 0.2) is 41.3 Å². The molecule has 1 aliphatic rings. The number of nitrogens with zero attached hydrogens (tertiary/aromatic N) is 4. The molecule has 2 N–H and O–H groups in total. The number of halogens is 2. The third-order valence-corrected chi connectivity index (χ3v) is 6.41. The lowest BCUT2D eigenvalue weighted by Gasteiger charge is -2.37. The largest absolute Gasteiger partial charge is 0.478 e. The van der Waals surface area contributed by atoms with E-state index in [1.807, 2.05) is 12.1 Å². The zero-order valence-corrected chi connectivity index (χ0v) is 19.5. The van der Waals surface area contributed by atoms with E-state index in [0.29, 0.717) is 11.3 Å². The van der Waals surface area contributed by atoms with Crippen molar-refractivity contribution >= 4 is 23.1 Å². The number of pyridine rings is 1. The number of carboxylic acids is 1. The molecule has 10 heteroatoms. The normalized spacial score (nSPS) is 18.2. The number of para-hydroxylation sites is 1. The van der Waals surface area contributed by atoms with Gasteiger partial charge in [0.05, 0.1) is 11.6 Å². The van der Waals surface area contributed by atoms with Crippen LogP contribution in [0.2, 0.25) is 0 Å². The van der Waals surface area contributed by atoms with Crippen LogP contribution >= 0.6 is 0 Å². The number of anilines is 2. The first-order valence-electron chi connectivity index (χ1n) is 11.2. The average molecular weight is 482 g/mol. The molecule has 3 aromatic rings. The number of nitrogens with one attached hydrogen (secondary N) is 1. The van der Waals surface area contributed by atoms with Gasteiger partial charge in [-0.25, -0.2) is 18.6 Å². The summed E-state index contributed by atoms with van der Waals surface area (Å²) in [6.07, 6.45) is 1.18. The van der Waals surface area contributed by atoms with E-state index in [1.54, 1.807) is 43.1 Å². The van der Waals surface area contributed by atoms with Gasteiger partial charge in [-0.15, -0.1) is 0 Å². The van der Waals surface area contributed by atoms with Crippen LogP contribution in [-0.4, -0.2) is 39.5 Å². The lowest BCUT2D eigenvalue weighted by atomic mass is 9.95. The number of hydrogen-bond acceptors (Lipinski definition) is 6. The van der Waals surface area contributed by atoms with E-state index in [4.69, 9.17) is 0 Å². The van der Waals surface area contributed by atoms with Gasteiger partial charge in [-0.05, 0) is 37.6 Å². The fourth-order valence-electron chi connectivity index (χ4n) is 4.43. The molecule has 182 valence electrons. The van der Waals surface area contributed by atoms with E-state index in [1.165, 1.54) is 17.4 Å². The van der Waals surface area contributed by atoms with E-state index in [0.717, 1.165) is 5.56 Å². The van der Waals surface area contributed by atoms with Crippen molar-refractivity contribution in [3.63, 3.8) is 0 Å². The first-order valence-corrected chi connectivity index (χ1v) is 11.2. The molecular formula is C25H25F2N5O3. The van der Waals surface area contributed by atoms with Crippen LogP contribution < -0.4 is 15.8 Å². The van der Waals surface area contributed by atoms with Gasteiger partial charge < -0.3 is 15.3 Å². The van der Waals surface area contributed by atoms with Crippen LogP contribution in [-0.2, 0) is 0 Å². The SMILES string of the molecule is Cc1cc(C(C)Nc2ccccc2C(=O)O)c2nc(N3CCC(F)(F)[C@@H](C)C3)c(C#N)c(=O)n2c1. The summed E-state index contributed by atoms with van der Waals surface area (Å²) >= 11 is 0. The number of aryl methyl sites for hydroxylation is 1. The minimum atomic E-state index is -2.83. The molecule has 1 aliphatic heterocycles. The van der Waals surface area contributed by atoms with E-state index >= 15 is 0 Å². The van der Waals surface area contributed by atoms with Crippen LogP contribution in [0.5, 0.6) is 0 Å². The smallest absolute Gasteiger partial charge is 0.337 e. The Balaban J connectivity index is 1.84. The zero-order valence-electron chi connectivity index (χ0n) is 19.5. The standard InChI is InChI=1S/C25H25F2N5O3/c1-14-10-18(16(3)29-20-7-5-4-6-17(20)24(34)35)22-30-21(19(11-28)23(33)32(22)12-14)31-9-8-25(26,27)15(2)13-31/h4-7,10,12,15-16,29H,8-9,13H2,1-3H3,(H,34,35)/t15-,16?/m0/s1. The number of benzene rings is 1. The average Bonchev–Trinajstić information content (AvgIpc) is 2.81. The van der Waals surface area contributed by atoms with Gasteiger partial charge >= 0.3 is 5.97 Å². The Morgan fingerprint density at radius 2 is 2.09 bits per heavy atom. The highest BCUT2D eigenvalue weighted by Gasteiger charge is 2.42. The fraction of sp³-hybridized carbons (Fsp3) is 0.360. The second kappa shape index (κ2) is 8.98. The third-order valence-electron chi connectivity index (χ3n) is 6.41. The van der Waals surface area contributed by atoms with Crippen LogP contribution in [0.25, 0.3) is 5.65 Å². The number of aromatic nitrogens is 2. The maximum atomic E-state index is 14.1. The molecule has 1 saturated heterocycles. The molecule has 0 spiro atoms. The maximum Gasteiger partial charge on any atom is 0.337 e. The molecule has 0 radical (unpaired) electrons. The van der Waals surface area contributed by atoms with Crippen molar-refractivity contribution in [2.24, 2.45) is 5.92 Å². The first-order chi connectivity index (χ1) is 16.5. The van der Waals surface area contributed by atoms with Gasteiger partial charge in [-0.2, -0.15) is 5.26 Å². The van der Waals surface area contributed by atoms with Gasteiger partial charge in [-0.3, -0.25) is 9.20 Å². The molecule has 1 fully saturated rings. The Kier molecular flexibility index (Phi) is 6.19. The number of carbonyl (C=O) groups is 1. The first kappa shape index (κ1) is 24.1. The second-order valence-electron chi connectivity index (χ2n) is 8.97. The molecule has 0 bridgehead atoms. The summed E-state index contributed by atoms with van der Waals surface area (Å²) in [5, 5.41) is 22.4. The lowest BCUT2D eigenvalue weighted by Crippen LogP contribution is -2.47. The molecule has 35 heavy (non-hydrogen) atoms. The molecule has 1 unspecified atom stereocenters.